The Morgan fingerprint density at radius 1 is 0.771 bits per heavy atom. The first-order valence-electron chi connectivity index (χ1n) is 20.3. The van der Waals surface area contributed by atoms with E-state index >= 15 is 0 Å². The highest BCUT2D eigenvalue weighted by atomic mass is 32.2. The molecular weight excluding hydrogens is 617 g/mol. The number of nitrogens with one attached hydrogen (secondary N) is 3. The largest absolute Gasteiger partial charge is 0.381 e. The Morgan fingerprint density at radius 3 is 2.10 bits per heavy atom. The van der Waals surface area contributed by atoms with Gasteiger partial charge in [-0.15, -0.1) is 0 Å². The maximum Gasteiger partial charge on any atom is 0.158 e. The first-order valence-corrected chi connectivity index (χ1v) is 21.0. The van der Waals surface area contributed by atoms with Gasteiger partial charge in [-0.05, 0) is 175 Å². The number of hydrogen-bond donors (Lipinski definition) is 4. The van der Waals surface area contributed by atoms with Gasteiger partial charge >= 0.3 is 0 Å². The third kappa shape index (κ3) is 9.35. The summed E-state index contributed by atoms with van der Waals surface area (Å²) in [6, 6.07) is 0.663. The minimum absolute atomic E-state index is 0.250. The molecule has 4 rings (SSSR count). The van der Waals surface area contributed by atoms with Crippen LogP contribution >= 0.6 is 12.3 Å². The van der Waals surface area contributed by atoms with Crippen LogP contribution in [-0.2, 0) is 13.1 Å². The van der Waals surface area contributed by atoms with Crippen LogP contribution in [0.25, 0.3) is 0 Å². The summed E-state index contributed by atoms with van der Waals surface area (Å²) < 4.78 is 17.8. The van der Waals surface area contributed by atoms with Crippen LogP contribution in [0.4, 0.5) is 0 Å². The van der Waals surface area contributed by atoms with Gasteiger partial charge in [-0.25, -0.2) is 0 Å². The van der Waals surface area contributed by atoms with Gasteiger partial charge < -0.3 is 26.4 Å². The van der Waals surface area contributed by atoms with Crippen molar-refractivity contribution in [2.45, 2.75) is 150 Å². The SMILES string of the molecule is COSO[C@H](CC[C@@H](C)C1CCC2[C@]1(C)CCC1[C@@]3(C)CC[C@H](NCCCNCCCCNCCCN)CC3C[C@@H](OC)[C@]12C)C(C)C. The molecule has 7 nitrogen and oxygen atoms in total. The molecule has 0 radical (unpaired) electrons. The van der Waals surface area contributed by atoms with Crippen LogP contribution in [0.5, 0.6) is 0 Å². The molecule has 0 amide bonds. The van der Waals surface area contributed by atoms with Crippen molar-refractivity contribution in [2.24, 2.45) is 57.5 Å². The van der Waals surface area contributed by atoms with E-state index in [-0.39, 0.29) is 11.5 Å². The van der Waals surface area contributed by atoms with Crippen molar-refractivity contribution in [3.63, 3.8) is 0 Å². The van der Waals surface area contributed by atoms with Gasteiger partial charge in [0, 0.05) is 18.6 Å². The van der Waals surface area contributed by atoms with Gasteiger partial charge in [-0.3, -0.25) is 8.37 Å². The zero-order valence-corrected chi connectivity index (χ0v) is 33.4. The molecule has 0 spiro atoms. The predicted octanol–water partition coefficient (Wildman–Crippen LogP) is 7.98. The standard InChI is InChI=1S/C40H78N4O3S/c1-29(2)34(47-48-46-8)15-13-30(3)33-14-16-35-39(33,5)20-18-36-38(4)19-17-32(27-31(38)28-37(45-7)40(35,36)6)44-26-12-25-43-23-10-9-22-42-24-11-21-41/h29-37,42-44H,9-28,41H2,1-8H3/t30-,31?,32+,33?,34-,35?,36?,37-,38+,39-,40+/m1/s1. The average molecular weight is 695 g/mol. The van der Waals surface area contributed by atoms with Crippen LogP contribution in [0.15, 0.2) is 0 Å². The Hall–Kier alpha value is 0.0700. The lowest BCUT2D eigenvalue weighted by atomic mass is 9.38. The third-order valence-electron chi connectivity index (χ3n) is 14.7. The first-order chi connectivity index (χ1) is 23.1. The van der Waals surface area contributed by atoms with Crippen LogP contribution in [0.3, 0.4) is 0 Å². The molecule has 4 saturated carbocycles. The summed E-state index contributed by atoms with van der Waals surface area (Å²) in [6.07, 6.45) is 18.6. The number of ether oxygens (including phenoxy) is 1. The summed E-state index contributed by atoms with van der Waals surface area (Å²) in [4.78, 5) is 0. The lowest BCUT2D eigenvalue weighted by Gasteiger charge is -2.68. The molecule has 0 aromatic rings. The highest BCUT2D eigenvalue weighted by molar-refractivity contribution is 7.89. The number of unbranched alkanes of at least 4 members (excludes halogenated alkanes) is 1. The van der Waals surface area contributed by atoms with E-state index in [2.05, 4.69) is 57.5 Å². The Kier molecular flexibility index (Phi) is 16.4. The number of hydrogen-bond acceptors (Lipinski definition) is 8. The monoisotopic (exact) mass is 695 g/mol. The average Bonchev–Trinajstić information content (AvgIpc) is 3.43. The van der Waals surface area contributed by atoms with E-state index in [0.717, 1.165) is 94.0 Å². The van der Waals surface area contributed by atoms with Crippen molar-refractivity contribution in [1.29, 1.82) is 0 Å². The minimum atomic E-state index is 0.250. The Morgan fingerprint density at radius 2 is 1.44 bits per heavy atom. The molecule has 11 atom stereocenters. The molecule has 4 unspecified atom stereocenters. The quantitative estimate of drug-likeness (QED) is 0.0670. The van der Waals surface area contributed by atoms with E-state index in [9.17, 15) is 0 Å². The van der Waals surface area contributed by atoms with Gasteiger partial charge in [0.1, 0.15) is 0 Å². The van der Waals surface area contributed by atoms with Gasteiger partial charge in [0.2, 0.25) is 0 Å². The fourth-order valence-corrected chi connectivity index (χ4v) is 12.6. The Bertz CT molecular complexity index is 929. The second-order valence-electron chi connectivity index (χ2n) is 17.7. The van der Waals surface area contributed by atoms with E-state index in [1.807, 2.05) is 7.11 Å². The molecule has 0 bridgehead atoms. The Labute approximate surface area is 301 Å². The molecule has 8 heteroatoms. The zero-order chi connectivity index (χ0) is 34.8. The highest BCUT2D eigenvalue weighted by Gasteiger charge is 2.68. The Balaban J connectivity index is 1.28. The van der Waals surface area contributed by atoms with E-state index < -0.39 is 0 Å². The maximum atomic E-state index is 6.59. The van der Waals surface area contributed by atoms with Crippen molar-refractivity contribution in [1.82, 2.24) is 16.0 Å². The van der Waals surface area contributed by atoms with Crippen LogP contribution in [0.2, 0.25) is 0 Å². The smallest absolute Gasteiger partial charge is 0.158 e. The first kappa shape index (κ1) is 40.8. The van der Waals surface area contributed by atoms with E-state index in [4.69, 9.17) is 18.8 Å². The molecule has 0 heterocycles. The van der Waals surface area contributed by atoms with Crippen molar-refractivity contribution in [2.75, 3.05) is 53.5 Å². The summed E-state index contributed by atoms with van der Waals surface area (Å²) >= 11 is 1.16. The third-order valence-corrected chi connectivity index (χ3v) is 15.2. The second-order valence-corrected chi connectivity index (χ2v) is 18.3. The number of rotatable bonds is 22. The molecule has 4 aliphatic rings. The van der Waals surface area contributed by atoms with Crippen LogP contribution < -0.4 is 21.7 Å². The number of nitrogens with two attached hydrogens (primary N) is 1. The molecule has 4 fully saturated rings. The fraction of sp³-hybridized carbons (Fsp3) is 1.00. The van der Waals surface area contributed by atoms with Crippen LogP contribution in [0, 0.1) is 51.8 Å². The molecule has 0 saturated heterocycles. The predicted molar refractivity (Wildman–Crippen MR) is 204 cm³/mol. The molecular formula is C40H78N4O3S. The molecule has 4 aliphatic carbocycles. The molecule has 5 N–H and O–H groups in total. The maximum absolute atomic E-state index is 6.59. The summed E-state index contributed by atoms with van der Waals surface area (Å²) in [7, 11) is 3.73. The van der Waals surface area contributed by atoms with Gasteiger partial charge in [0.25, 0.3) is 0 Å². The molecule has 48 heavy (non-hydrogen) atoms. The minimum Gasteiger partial charge on any atom is -0.381 e. The lowest BCUT2D eigenvalue weighted by Crippen LogP contribution is -2.65. The van der Waals surface area contributed by atoms with Gasteiger partial charge in [-0.1, -0.05) is 41.5 Å². The van der Waals surface area contributed by atoms with Gasteiger partial charge in [0.05, 0.1) is 19.3 Å². The van der Waals surface area contributed by atoms with Crippen LogP contribution in [0.1, 0.15) is 131 Å². The number of fused-ring (bicyclic) bond motifs is 5. The molecule has 0 aromatic heterocycles. The summed E-state index contributed by atoms with van der Waals surface area (Å²) in [6.45, 7) is 21.5. The van der Waals surface area contributed by atoms with Crippen molar-refractivity contribution in [3.8, 4) is 0 Å². The van der Waals surface area contributed by atoms with Gasteiger partial charge in [0.15, 0.2) is 12.3 Å². The molecule has 282 valence electrons. The second kappa shape index (κ2) is 19.2. The van der Waals surface area contributed by atoms with E-state index in [0.29, 0.717) is 28.9 Å². The normalized spacial score (nSPS) is 37.6. The molecule has 0 aliphatic heterocycles. The summed E-state index contributed by atoms with van der Waals surface area (Å²) in [5, 5.41) is 11.1. The van der Waals surface area contributed by atoms with Gasteiger partial charge in [-0.2, -0.15) is 0 Å². The van der Waals surface area contributed by atoms with Crippen molar-refractivity contribution < 1.29 is 13.1 Å². The van der Waals surface area contributed by atoms with Crippen molar-refractivity contribution >= 4 is 12.3 Å². The van der Waals surface area contributed by atoms with E-state index in [1.54, 1.807) is 7.11 Å². The number of methoxy groups -OCH3 is 1. The zero-order valence-electron chi connectivity index (χ0n) is 32.5. The highest BCUT2D eigenvalue weighted by Crippen LogP contribution is 2.73. The topological polar surface area (TPSA) is 89.8 Å². The lowest BCUT2D eigenvalue weighted by molar-refractivity contribution is -0.227. The van der Waals surface area contributed by atoms with E-state index in [1.165, 1.54) is 77.0 Å². The molecule has 0 aromatic carbocycles. The van der Waals surface area contributed by atoms with Crippen molar-refractivity contribution in [3.05, 3.63) is 0 Å². The summed E-state index contributed by atoms with van der Waals surface area (Å²) in [5.41, 5.74) is 6.68. The van der Waals surface area contributed by atoms with Crippen LogP contribution in [-0.4, -0.2) is 71.7 Å². The summed E-state index contributed by atoms with van der Waals surface area (Å²) in [5.74, 6) is 4.31. The fourth-order valence-electron chi connectivity index (χ4n) is 12.1.